The molecule has 0 radical (unpaired) electrons. The maximum absolute atomic E-state index is 12.3. The average Bonchev–Trinajstić information content (AvgIpc) is 2.91. The van der Waals surface area contributed by atoms with E-state index in [1.807, 2.05) is 18.2 Å². The maximum atomic E-state index is 12.3. The zero-order valence-electron chi connectivity index (χ0n) is 12.8. The molecule has 2 fully saturated rings. The van der Waals surface area contributed by atoms with Gasteiger partial charge >= 0.3 is 0 Å². The van der Waals surface area contributed by atoms with E-state index in [1.165, 1.54) is 25.7 Å². The van der Waals surface area contributed by atoms with Crippen LogP contribution in [0.4, 0.5) is 11.4 Å². The van der Waals surface area contributed by atoms with Crippen molar-refractivity contribution in [3.8, 4) is 0 Å². The second-order valence-corrected chi connectivity index (χ2v) is 6.49. The number of carbonyl (C=O) groups excluding carboxylic acids is 1. The Bertz CT molecular complexity index is 521. The molecule has 2 aliphatic rings. The molecule has 3 rings (SSSR count). The molecule has 0 unspecified atom stereocenters. The zero-order valence-corrected chi connectivity index (χ0v) is 13.6. The van der Waals surface area contributed by atoms with Gasteiger partial charge in [-0.2, -0.15) is 0 Å². The highest BCUT2D eigenvalue weighted by atomic mass is 35.5. The Morgan fingerprint density at radius 1 is 1.18 bits per heavy atom. The zero-order chi connectivity index (χ0) is 15.4. The van der Waals surface area contributed by atoms with Crippen molar-refractivity contribution in [3.63, 3.8) is 0 Å². The van der Waals surface area contributed by atoms with E-state index in [9.17, 15) is 4.79 Å². The fourth-order valence-corrected chi connectivity index (χ4v) is 3.37. The Morgan fingerprint density at radius 3 is 2.64 bits per heavy atom. The molecular formula is C17H23ClN2O2. The first-order chi connectivity index (χ1) is 10.7. The lowest BCUT2D eigenvalue weighted by Gasteiger charge is -2.26. The number of benzene rings is 1. The number of ether oxygens (including phenoxy) is 1. The minimum atomic E-state index is -0.323. The molecule has 22 heavy (non-hydrogen) atoms. The molecule has 0 aliphatic carbocycles. The summed E-state index contributed by atoms with van der Waals surface area (Å²) in [7, 11) is 0. The summed E-state index contributed by atoms with van der Waals surface area (Å²) in [5.74, 6) is -0.0594. The molecule has 4 nitrogen and oxygen atoms in total. The minimum absolute atomic E-state index is 0.0594. The van der Waals surface area contributed by atoms with Crippen molar-refractivity contribution in [3.05, 3.63) is 23.2 Å². The number of nitrogens with zero attached hydrogens (tertiary/aromatic N) is 1. The van der Waals surface area contributed by atoms with E-state index in [2.05, 4.69) is 10.2 Å². The van der Waals surface area contributed by atoms with E-state index in [1.54, 1.807) is 0 Å². The van der Waals surface area contributed by atoms with Gasteiger partial charge in [0.1, 0.15) is 6.10 Å². The van der Waals surface area contributed by atoms with Crippen molar-refractivity contribution in [2.75, 3.05) is 29.9 Å². The summed E-state index contributed by atoms with van der Waals surface area (Å²) < 4.78 is 5.46. The fraction of sp³-hybridized carbons (Fsp3) is 0.588. The Hall–Kier alpha value is -1.26. The molecule has 2 heterocycles. The highest BCUT2D eigenvalue weighted by molar-refractivity contribution is 6.31. The van der Waals surface area contributed by atoms with Crippen molar-refractivity contribution < 1.29 is 9.53 Å². The van der Waals surface area contributed by atoms with Crippen LogP contribution in [0.25, 0.3) is 0 Å². The second-order valence-electron chi connectivity index (χ2n) is 6.05. The van der Waals surface area contributed by atoms with Crippen LogP contribution in [-0.2, 0) is 9.53 Å². The molecule has 1 amide bonds. The number of carbonyl (C=O) groups is 1. The van der Waals surface area contributed by atoms with Gasteiger partial charge in [0, 0.05) is 24.7 Å². The molecule has 2 aliphatic heterocycles. The number of hydrogen-bond acceptors (Lipinski definition) is 3. The number of hydrogen-bond donors (Lipinski definition) is 1. The van der Waals surface area contributed by atoms with E-state index in [0.717, 1.165) is 37.3 Å². The summed E-state index contributed by atoms with van der Waals surface area (Å²) in [6.45, 7) is 2.74. The van der Waals surface area contributed by atoms with Gasteiger partial charge in [-0.1, -0.05) is 24.4 Å². The van der Waals surface area contributed by atoms with Crippen molar-refractivity contribution in [2.24, 2.45) is 0 Å². The number of amides is 1. The molecule has 0 spiro atoms. The fourth-order valence-electron chi connectivity index (χ4n) is 3.19. The standard InChI is InChI=1S/C17H23ClN2O2/c18-13-7-8-15(20-9-3-1-2-4-10-20)14(12-13)19-17(21)16-6-5-11-22-16/h7-8,12,16H,1-6,9-11H2,(H,19,21)/t16-/m1/s1. The maximum Gasteiger partial charge on any atom is 0.253 e. The van der Waals surface area contributed by atoms with Crippen molar-refractivity contribution in [1.29, 1.82) is 0 Å². The van der Waals surface area contributed by atoms with Gasteiger partial charge in [0.25, 0.3) is 5.91 Å². The van der Waals surface area contributed by atoms with E-state index in [0.29, 0.717) is 11.6 Å². The van der Waals surface area contributed by atoms with Crippen LogP contribution in [0.2, 0.25) is 5.02 Å². The first-order valence-corrected chi connectivity index (χ1v) is 8.59. The monoisotopic (exact) mass is 322 g/mol. The number of halogens is 1. The van der Waals surface area contributed by atoms with Crippen LogP contribution in [0.1, 0.15) is 38.5 Å². The molecule has 1 aromatic carbocycles. The molecule has 0 saturated carbocycles. The number of nitrogens with one attached hydrogen (secondary N) is 1. The molecule has 5 heteroatoms. The third-order valence-electron chi connectivity index (χ3n) is 4.39. The second kappa shape index (κ2) is 7.34. The van der Waals surface area contributed by atoms with Gasteiger partial charge in [-0.05, 0) is 43.9 Å². The van der Waals surface area contributed by atoms with Crippen LogP contribution in [0, 0.1) is 0 Å². The summed E-state index contributed by atoms with van der Waals surface area (Å²) in [5.41, 5.74) is 1.87. The normalized spacial score (nSPS) is 22.4. The largest absolute Gasteiger partial charge is 0.370 e. The molecule has 0 bridgehead atoms. The van der Waals surface area contributed by atoms with Crippen molar-refractivity contribution in [1.82, 2.24) is 0 Å². The Morgan fingerprint density at radius 2 is 1.95 bits per heavy atom. The Kier molecular flexibility index (Phi) is 5.21. The van der Waals surface area contributed by atoms with Crippen LogP contribution < -0.4 is 10.2 Å². The summed E-state index contributed by atoms with van der Waals surface area (Å²) >= 11 is 6.13. The van der Waals surface area contributed by atoms with Gasteiger partial charge in [-0.3, -0.25) is 4.79 Å². The SMILES string of the molecule is O=C(Nc1cc(Cl)ccc1N1CCCCCC1)[C@H]1CCCO1. The predicted octanol–water partition coefficient (Wildman–Crippen LogP) is 3.84. The first-order valence-electron chi connectivity index (χ1n) is 8.21. The molecule has 120 valence electrons. The lowest BCUT2D eigenvalue weighted by Crippen LogP contribution is -2.29. The van der Waals surface area contributed by atoms with Gasteiger partial charge in [0.15, 0.2) is 0 Å². The quantitative estimate of drug-likeness (QED) is 0.919. The topological polar surface area (TPSA) is 41.6 Å². The third-order valence-corrected chi connectivity index (χ3v) is 4.62. The molecule has 2 saturated heterocycles. The predicted molar refractivity (Wildman–Crippen MR) is 89.7 cm³/mol. The van der Waals surface area contributed by atoms with Gasteiger partial charge < -0.3 is 15.0 Å². The Labute approximate surface area is 136 Å². The molecular weight excluding hydrogens is 300 g/mol. The van der Waals surface area contributed by atoms with Crippen LogP contribution in [0.3, 0.4) is 0 Å². The number of anilines is 2. The van der Waals surface area contributed by atoms with E-state index in [4.69, 9.17) is 16.3 Å². The van der Waals surface area contributed by atoms with E-state index in [-0.39, 0.29) is 12.0 Å². The molecule has 1 N–H and O–H groups in total. The van der Waals surface area contributed by atoms with E-state index < -0.39 is 0 Å². The molecule has 0 aromatic heterocycles. The minimum Gasteiger partial charge on any atom is -0.370 e. The first kappa shape index (κ1) is 15.6. The van der Waals surface area contributed by atoms with Crippen molar-refractivity contribution in [2.45, 2.75) is 44.6 Å². The third kappa shape index (κ3) is 3.73. The smallest absolute Gasteiger partial charge is 0.253 e. The van der Waals surface area contributed by atoms with Gasteiger partial charge in [-0.15, -0.1) is 0 Å². The summed E-state index contributed by atoms with van der Waals surface area (Å²) in [5, 5.41) is 3.66. The van der Waals surface area contributed by atoms with Crippen LogP contribution >= 0.6 is 11.6 Å². The highest BCUT2D eigenvalue weighted by Gasteiger charge is 2.25. The van der Waals surface area contributed by atoms with Gasteiger partial charge in [-0.25, -0.2) is 0 Å². The molecule has 1 aromatic rings. The van der Waals surface area contributed by atoms with Gasteiger partial charge in [0.2, 0.25) is 0 Å². The lowest BCUT2D eigenvalue weighted by molar-refractivity contribution is -0.124. The summed E-state index contributed by atoms with van der Waals surface area (Å²) in [6, 6.07) is 5.75. The van der Waals surface area contributed by atoms with Crippen LogP contribution in [-0.4, -0.2) is 31.7 Å². The lowest BCUT2D eigenvalue weighted by atomic mass is 10.2. The number of rotatable bonds is 3. The Balaban J connectivity index is 1.78. The summed E-state index contributed by atoms with van der Waals surface area (Å²) in [6.07, 6.45) is 6.38. The van der Waals surface area contributed by atoms with Crippen LogP contribution in [0.5, 0.6) is 0 Å². The van der Waals surface area contributed by atoms with E-state index >= 15 is 0 Å². The highest BCUT2D eigenvalue weighted by Crippen LogP contribution is 2.31. The van der Waals surface area contributed by atoms with Crippen molar-refractivity contribution >= 4 is 28.9 Å². The molecule has 1 atom stereocenters. The van der Waals surface area contributed by atoms with Gasteiger partial charge in [0.05, 0.1) is 11.4 Å². The average molecular weight is 323 g/mol. The van der Waals surface area contributed by atoms with Crippen LogP contribution in [0.15, 0.2) is 18.2 Å². The summed E-state index contributed by atoms with van der Waals surface area (Å²) in [4.78, 5) is 14.7.